The molecule has 0 amide bonds. The van der Waals surface area contributed by atoms with E-state index in [1.54, 1.807) is 0 Å². The van der Waals surface area contributed by atoms with Gasteiger partial charge in [-0.25, -0.2) is 0 Å². The van der Waals surface area contributed by atoms with Crippen LogP contribution in [0.1, 0.15) is 29.2 Å². The predicted octanol–water partition coefficient (Wildman–Crippen LogP) is 1.60. The van der Waals surface area contributed by atoms with Crippen LogP contribution in [0.3, 0.4) is 0 Å². The summed E-state index contributed by atoms with van der Waals surface area (Å²) >= 11 is 0. The molecule has 1 aromatic carbocycles. The third-order valence-electron chi connectivity index (χ3n) is 4.00. The molecule has 0 saturated carbocycles. The second kappa shape index (κ2) is 5.83. The molecule has 1 saturated heterocycles. The number of rotatable bonds is 3. The fourth-order valence-corrected chi connectivity index (χ4v) is 2.79. The van der Waals surface area contributed by atoms with Crippen molar-refractivity contribution in [2.45, 2.75) is 32.4 Å². The van der Waals surface area contributed by atoms with E-state index in [0.717, 1.165) is 26.1 Å². The third-order valence-corrected chi connectivity index (χ3v) is 4.00. The minimum atomic E-state index is 0.137. The van der Waals surface area contributed by atoms with E-state index in [1.165, 1.54) is 16.7 Å². The molecule has 0 bridgehead atoms. The first kappa shape index (κ1) is 13.5. The Morgan fingerprint density at radius 2 is 2.22 bits per heavy atom. The Labute approximate surface area is 110 Å². The van der Waals surface area contributed by atoms with Gasteiger partial charge in [-0.2, -0.15) is 0 Å². The summed E-state index contributed by atoms with van der Waals surface area (Å²) in [5.74, 6) is 0. The fraction of sp³-hybridized carbons (Fsp3) is 0.600. The topological polar surface area (TPSA) is 41.3 Å². The molecule has 1 aliphatic heterocycles. The van der Waals surface area contributed by atoms with Gasteiger partial charge in [-0.15, -0.1) is 0 Å². The Hall–Kier alpha value is -0.900. The first-order valence-corrected chi connectivity index (χ1v) is 6.81. The van der Waals surface area contributed by atoms with Gasteiger partial charge in [0.15, 0.2) is 0 Å². The summed E-state index contributed by atoms with van der Waals surface area (Å²) in [6, 6.07) is 7.25. The summed E-state index contributed by atoms with van der Waals surface area (Å²) in [4.78, 5) is 2.42. The quantitative estimate of drug-likeness (QED) is 0.852. The SMILES string of the molecule is Cc1ccc(C(N)CC2CNCCN2C)c(C)c1. The highest BCUT2D eigenvalue weighted by atomic mass is 15.2. The van der Waals surface area contributed by atoms with E-state index >= 15 is 0 Å². The number of hydrogen-bond acceptors (Lipinski definition) is 3. The molecule has 2 rings (SSSR count). The molecule has 2 unspecified atom stereocenters. The van der Waals surface area contributed by atoms with E-state index < -0.39 is 0 Å². The van der Waals surface area contributed by atoms with Crippen LogP contribution in [-0.2, 0) is 0 Å². The van der Waals surface area contributed by atoms with Crippen molar-refractivity contribution in [3.63, 3.8) is 0 Å². The highest BCUT2D eigenvalue weighted by molar-refractivity contribution is 5.32. The van der Waals surface area contributed by atoms with Crippen LogP contribution in [0.2, 0.25) is 0 Å². The van der Waals surface area contributed by atoms with Crippen LogP contribution in [0.5, 0.6) is 0 Å². The molecule has 3 N–H and O–H groups in total. The molecule has 1 aliphatic rings. The van der Waals surface area contributed by atoms with Gasteiger partial charge < -0.3 is 16.0 Å². The van der Waals surface area contributed by atoms with Crippen LogP contribution in [0, 0.1) is 13.8 Å². The van der Waals surface area contributed by atoms with E-state index in [9.17, 15) is 0 Å². The molecule has 0 spiro atoms. The lowest BCUT2D eigenvalue weighted by molar-refractivity contribution is 0.182. The largest absolute Gasteiger partial charge is 0.324 e. The van der Waals surface area contributed by atoms with Gasteiger partial charge in [0.2, 0.25) is 0 Å². The van der Waals surface area contributed by atoms with Gasteiger partial charge in [-0.1, -0.05) is 23.8 Å². The maximum atomic E-state index is 6.38. The molecule has 0 aliphatic carbocycles. The summed E-state index contributed by atoms with van der Waals surface area (Å²) in [5, 5.41) is 3.45. The highest BCUT2D eigenvalue weighted by Crippen LogP contribution is 2.22. The molecule has 0 aromatic heterocycles. The standard InChI is InChI=1S/C15H25N3/c1-11-4-5-14(12(2)8-11)15(16)9-13-10-17-6-7-18(13)3/h4-5,8,13,15,17H,6-7,9-10,16H2,1-3H3. The van der Waals surface area contributed by atoms with E-state index in [2.05, 4.69) is 49.3 Å². The maximum absolute atomic E-state index is 6.38. The number of hydrogen-bond donors (Lipinski definition) is 2. The zero-order valence-corrected chi connectivity index (χ0v) is 11.7. The number of piperazine rings is 1. The van der Waals surface area contributed by atoms with Crippen molar-refractivity contribution >= 4 is 0 Å². The third kappa shape index (κ3) is 3.10. The van der Waals surface area contributed by atoms with Gasteiger partial charge in [0.05, 0.1) is 0 Å². The number of benzene rings is 1. The lowest BCUT2D eigenvalue weighted by Gasteiger charge is -2.34. The minimum absolute atomic E-state index is 0.137. The molecule has 1 fully saturated rings. The van der Waals surface area contributed by atoms with Crippen LogP contribution < -0.4 is 11.1 Å². The zero-order chi connectivity index (χ0) is 13.1. The average Bonchev–Trinajstić information content (AvgIpc) is 2.32. The molecule has 1 heterocycles. The minimum Gasteiger partial charge on any atom is -0.324 e. The summed E-state index contributed by atoms with van der Waals surface area (Å²) in [7, 11) is 2.19. The second-order valence-corrected chi connectivity index (χ2v) is 5.54. The van der Waals surface area contributed by atoms with Crippen LogP contribution >= 0.6 is 0 Å². The van der Waals surface area contributed by atoms with Crippen LogP contribution in [0.15, 0.2) is 18.2 Å². The Morgan fingerprint density at radius 1 is 1.44 bits per heavy atom. The fourth-order valence-electron chi connectivity index (χ4n) is 2.79. The number of nitrogens with two attached hydrogens (primary N) is 1. The van der Waals surface area contributed by atoms with Crippen molar-refractivity contribution in [2.75, 3.05) is 26.7 Å². The van der Waals surface area contributed by atoms with E-state index in [1.807, 2.05) is 0 Å². The van der Waals surface area contributed by atoms with Gasteiger partial charge in [0.1, 0.15) is 0 Å². The maximum Gasteiger partial charge on any atom is 0.0312 e. The Bertz CT molecular complexity index is 403. The highest BCUT2D eigenvalue weighted by Gasteiger charge is 2.22. The number of nitrogens with zero attached hydrogens (tertiary/aromatic N) is 1. The van der Waals surface area contributed by atoms with Crippen LogP contribution in [-0.4, -0.2) is 37.6 Å². The van der Waals surface area contributed by atoms with E-state index in [-0.39, 0.29) is 6.04 Å². The van der Waals surface area contributed by atoms with E-state index in [4.69, 9.17) is 5.73 Å². The molecule has 1 aromatic rings. The first-order chi connectivity index (χ1) is 8.58. The summed E-state index contributed by atoms with van der Waals surface area (Å²) in [6.45, 7) is 7.54. The van der Waals surface area contributed by atoms with Gasteiger partial charge >= 0.3 is 0 Å². The first-order valence-electron chi connectivity index (χ1n) is 6.81. The monoisotopic (exact) mass is 247 g/mol. The van der Waals surface area contributed by atoms with Crippen molar-refractivity contribution in [1.82, 2.24) is 10.2 Å². The lowest BCUT2D eigenvalue weighted by atomic mass is 9.94. The van der Waals surface area contributed by atoms with Gasteiger partial charge in [-0.05, 0) is 38.4 Å². The molecule has 100 valence electrons. The smallest absolute Gasteiger partial charge is 0.0312 e. The Morgan fingerprint density at radius 3 is 2.89 bits per heavy atom. The van der Waals surface area contributed by atoms with Crippen LogP contribution in [0.25, 0.3) is 0 Å². The molecule has 3 nitrogen and oxygen atoms in total. The van der Waals surface area contributed by atoms with Crippen molar-refractivity contribution in [3.8, 4) is 0 Å². The molecule has 0 radical (unpaired) electrons. The molecule has 3 heteroatoms. The van der Waals surface area contributed by atoms with Gasteiger partial charge in [-0.3, -0.25) is 0 Å². The normalized spacial score (nSPS) is 23.0. The Balaban J connectivity index is 2.04. The van der Waals surface area contributed by atoms with Crippen molar-refractivity contribution in [1.29, 1.82) is 0 Å². The predicted molar refractivity (Wildman–Crippen MR) is 76.7 cm³/mol. The van der Waals surface area contributed by atoms with Crippen molar-refractivity contribution in [3.05, 3.63) is 34.9 Å². The number of aryl methyl sites for hydroxylation is 2. The number of likely N-dealkylation sites (N-methyl/N-ethyl adjacent to an activating group) is 1. The summed E-state index contributed by atoms with van der Waals surface area (Å²) in [6.07, 6.45) is 1.02. The summed E-state index contributed by atoms with van der Waals surface area (Å²) in [5.41, 5.74) is 10.3. The molecule has 18 heavy (non-hydrogen) atoms. The van der Waals surface area contributed by atoms with E-state index in [0.29, 0.717) is 6.04 Å². The molecular weight excluding hydrogens is 222 g/mol. The summed E-state index contributed by atoms with van der Waals surface area (Å²) < 4.78 is 0. The second-order valence-electron chi connectivity index (χ2n) is 5.54. The van der Waals surface area contributed by atoms with Crippen LogP contribution in [0.4, 0.5) is 0 Å². The van der Waals surface area contributed by atoms with Crippen molar-refractivity contribution in [2.24, 2.45) is 5.73 Å². The molecular formula is C15H25N3. The van der Waals surface area contributed by atoms with Crippen molar-refractivity contribution < 1.29 is 0 Å². The Kier molecular flexibility index (Phi) is 4.38. The average molecular weight is 247 g/mol. The lowest BCUT2D eigenvalue weighted by Crippen LogP contribution is -2.50. The molecule has 2 atom stereocenters. The van der Waals surface area contributed by atoms with Gasteiger partial charge in [0, 0.05) is 31.7 Å². The zero-order valence-electron chi connectivity index (χ0n) is 11.7. The van der Waals surface area contributed by atoms with Gasteiger partial charge in [0.25, 0.3) is 0 Å². The number of nitrogens with one attached hydrogen (secondary N) is 1.